The molecule has 0 aliphatic carbocycles. The highest BCUT2D eigenvalue weighted by molar-refractivity contribution is 5.86. The van der Waals surface area contributed by atoms with E-state index in [4.69, 9.17) is 5.73 Å². The average molecular weight is 248 g/mol. The third-order valence-electron chi connectivity index (χ3n) is 3.72. The van der Waals surface area contributed by atoms with Crippen LogP contribution in [0.3, 0.4) is 0 Å². The van der Waals surface area contributed by atoms with Crippen LogP contribution >= 0.6 is 0 Å². The van der Waals surface area contributed by atoms with Crippen molar-refractivity contribution in [3.8, 4) is 0 Å². The van der Waals surface area contributed by atoms with E-state index in [0.29, 0.717) is 12.8 Å². The SMILES string of the molecule is CCC(N)(CC)C(=O)NC(C)c1ccccc1C. The maximum atomic E-state index is 12.2. The summed E-state index contributed by atoms with van der Waals surface area (Å²) in [5.41, 5.74) is 7.66. The van der Waals surface area contributed by atoms with E-state index >= 15 is 0 Å². The van der Waals surface area contributed by atoms with Crippen LogP contribution in [0.1, 0.15) is 50.8 Å². The Hall–Kier alpha value is -1.35. The number of amides is 1. The first-order valence-electron chi connectivity index (χ1n) is 6.60. The number of carbonyl (C=O) groups excluding carboxylic acids is 1. The van der Waals surface area contributed by atoms with Crippen LogP contribution in [0.4, 0.5) is 0 Å². The molecule has 0 aromatic heterocycles. The number of nitrogens with two attached hydrogens (primary N) is 1. The molecule has 1 unspecified atom stereocenters. The highest BCUT2D eigenvalue weighted by Gasteiger charge is 2.30. The second-order valence-electron chi connectivity index (χ2n) is 4.91. The molecule has 0 radical (unpaired) electrons. The van der Waals surface area contributed by atoms with Gasteiger partial charge in [-0.1, -0.05) is 38.1 Å². The Kier molecular flexibility index (Phi) is 4.91. The molecule has 0 aliphatic rings. The fraction of sp³-hybridized carbons (Fsp3) is 0.533. The minimum absolute atomic E-state index is 0.0141. The quantitative estimate of drug-likeness (QED) is 0.841. The zero-order chi connectivity index (χ0) is 13.8. The van der Waals surface area contributed by atoms with E-state index in [-0.39, 0.29) is 11.9 Å². The van der Waals surface area contributed by atoms with Crippen molar-refractivity contribution < 1.29 is 4.79 Å². The first-order chi connectivity index (χ1) is 8.44. The summed E-state index contributed by atoms with van der Waals surface area (Å²) in [6.45, 7) is 7.93. The minimum Gasteiger partial charge on any atom is -0.348 e. The topological polar surface area (TPSA) is 55.1 Å². The highest BCUT2D eigenvalue weighted by atomic mass is 16.2. The fourth-order valence-corrected chi connectivity index (χ4v) is 2.06. The zero-order valence-electron chi connectivity index (χ0n) is 11.8. The number of aryl methyl sites for hydroxylation is 1. The summed E-state index contributed by atoms with van der Waals surface area (Å²) in [6, 6.07) is 8.06. The lowest BCUT2D eigenvalue weighted by molar-refractivity contribution is -0.127. The molecule has 0 saturated heterocycles. The Morgan fingerprint density at radius 3 is 2.39 bits per heavy atom. The molecule has 1 aromatic carbocycles. The van der Waals surface area contributed by atoms with Gasteiger partial charge in [-0.25, -0.2) is 0 Å². The third kappa shape index (κ3) is 3.10. The van der Waals surface area contributed by atoms with Crippen molar-refractivity contribution in [3.05, 3.63) is 35.4 Å². The van der Waals surface area contributed by atoms with Crippen molar-refractivity contribution in [1.29, 1.82) is 0 Å². The van der Waals surface area contributed by atoms with E-state index in [9.17, 15) is 4.79 Å². The molecular formula is C15H24N2O. The van der Waals surface area contributed by atoms with E-state index in [1.165, 1.54) is 5.56 Å². The van der Waals surface area contributed by atoms with Gasteiger partial charge >= 0.3 is 0 Å². The number of carbonyl (C=O) groups is 1. The smallest absolute Gasteiger partial charge is 0.240 e. The fourth-order valence-electron chi connectivity index (χ4n) is 2.06. The molecule has 3 N–H and O–H groups in total. The maximum absolute atomic E-state index is 12.2. The summed E-state index contributed by atoms with van der Waals surface area (Å²) in [4.78, 5) is 12.2. The molecule has 1 atom stereocenters. The summed E-state index contributed by atoms with van der Waals surface area (Å²) < 4.78 is 0. The van der Waals surface area contributed by atoms with Crippen molar-refractivity contribution in [2.75, 3.05) is 0 Å². The van der Waals surface area contributed by atoms with E-state index in [1.807, 2.05) is 52.0 Å². The molecule has 0 spiro atoms. The molecule has 3 nitrogen and oxygen atoms in total. The summed E-state index contributed by atoms with van der Waals surface area (Å²) >= 11 is 0. The van der Waals surface area contributed by atoms with Crippen molar-refractivity contribution >= 4 is 5.91 Å². The summed E-state index contributed by atoms with van der Waals surface area (Å²) in [5.74, 6) is -0.0664. The lowest BCUT2D eigenvalue weighted by Crippen LogP contribution is -2.53. The van der Waals surface area contributed by atoms with Gasteiger partial charge < -0.3 is 11.1 Å². The van der Waals surface area contributed by atoms with Gasteiger partial charge in [0.2, 0.25) is 5.91 Å². The van der Waals surface area contributed by atoms with Gasteiger partial charge in [0, 0.05) is 0 Å². The summed E-state index contributed by atoms with van der Waals surface area (Å²) in [5, 5.41) is 3.02. The molecule has 0 fully saturated rings. The predicted molar refractivity (Wildman–Crippen MR) is 75.2 cm³/mol. The molecule has 0 aliphatic heterocycles. The summed E-state index contributed by atoms with van der Waals surface area (Å²) in [7, 11) is 0. The van der Waals surface area contributed by atoms with Crippen LogP contribution in [0.25, 0.3) is 0 Å². The van der Waals surface area contributed by atoms with Crippen molar-refractivity contribution in [3.63, 3.8) is 0 Å². The standard InChI is InChI=1S/C15H24N2O/c1-5-15(16,6-2)14(18)17-12(4)13-10-8-7-9-11(13)3/h7-10,12H,5-6,16H2,1-4H3,(H,17,18). The Bertz CT molecular complexity index is 411. The van der Waals surface area contributed by atoms with Gasteiger partial charge in [-0.05, 0) is 37.8 Å². The van der Waals surface area contributed by atoms with Gasteiger partial charge in [0.15, 0.2) is 0 Å². The van der Waals surface area contributed by atoms with Gasteiger partial charge in [-0.2, -0.15) is 0 Å². The largest absolute Gasteiger partial charge is 0.348 e. The average Bonchev–Trinajstić information content (AvgIpc) is 2.38. The van der Waals surface area contributed by atoms with Gasteiger partial charge in [-0.15, -0.1) is 0 Å². The van der Waals surface area contributed by atoms with Gasteiger partial charge in [0.25, 0.3) is 0 Å². The number of hydrogen-bond acceptors (Lipinski definition) is 2. The van der Waals surface area contributed by atoms with Gasteiger partial charge in [0.05, 0.1) is 11.6 Å². The van der Waals surface area contributed by atoms with E-state index in [2.05, 4.69) is 5.32 Å². The molecule has 1 amide bonds. The molecular weight excluding hydrogens is 224 g/mol. The van der Waals surface area contributed by atoms with Crippen LogP contribution in [0, 0.1) is 6.92 Å². The number of nitrogens with one attached hydrogen (secondary N) is 1. The van der Waals surface area contributed by atoms with E-state index in [1.54, 1.807) is 0 Å². The van der Waals surface area contributed by atoms with Crippen LogP contribution in [0.15, 0.2) is 24.3 Å². The van der Waals surface area contributed by atoms with Crippen molar-refractivity contribution in [2.24, 2.45) is 5.73 Å². The molecule has 18 heavy (non-hydrogen) atoms. The Balaban J connectivity index is 2.80. The molecule has 100 valence electrons. The predicted octanol–water partition coefficient (Wildman–Crippen LogP) is 2.69. The second-order valence-corrected chi connectivity index (χ2v) is 4.91. The third-order valence-corrected chi connectivity index (χ3v) is 3.72. The molecule has 1 aromatic rings. The van der Waals surface area contributed by atoms with Crippen LogP contribution in [0.2, 0.25) is 0 Å². The Morgan fingerprint density at radius 2 is 1.89 bits per heavy atom. The highest BCUT2D eigenvalue weighted by Crippen LogP contribution is 2.19. The lowest BCUT2D eigenvalue weighted by atomic mass is 9.92. The van der Waals surface area contributed by atoms with Gasteiger partial charge in [-0.3, -0.25) is 4.79 Å². The molecule has 0 saturated carbocycles. The van der Waals surface area contributed by atoms with Crippen LogP contribution in [-0.2, 0) is 4.79 Å². The number of rotatable bonds is 5. The Morgan fingerprint density at radius 1 is 1.33 bits per heavy atom. The van der Waals surface area contributed by atoms with Crippen molar-refractivity contribution in [1.82, 2.24) is 5.32 Å². The monoisotopic (exact) mass is 248 g/mol. The first kappa shape index (κ1) is 14.7. The van der Waals surface area contributed by atoms with Crippen LogP contribution < -0.4 is 11.1 Å². The molecule has 1 rings (SSSR count). The Labute approximate surface area is 110 Å². The van der Waals surface area contributed by atoms with Crippen LogP contribution in [-0.4, -0.2) is 11.4 Å². The van der Waals surface area contributed by atoms with Crippen molar-refractivity contribution in [2.45, 2.75) is 52.1 Å². The maximum Gasteiger partial charge on any atom is 0.240 e. The first-order valence-corrected chi connectivity index (χ1v) is 6.60. The molecule has 0 heterocycles. The minimum atomic E-state index is -0.753. The lowest BCUT2D eigenvalue weighted by Gasteiger charge is -2.28. The van der Waals surface area contributed by atoms with Crippen LogP contribution in [0.5, 0.6) is 0 Å². The molecule has 0 bridgehead atoms. The second kappa shape index (κ2) is 6.01. The van der Waals surface area contributed by atoms with Gasteiger partial charge in [0.1, 0.15) is 0 Å². The zero-order valence-corrected chi connectivity index (χ0v) is 11.8. The molecule has 3 heteroatoms. The van der Waals surface area contributed by atoms with E-state index in [0.717, 1.165) is 5.56 Å². The van der Waals surface area contributed by atoms with E-state index < -0.39 is 5.54 Å². The summed E-state index contributed by atoms with van der Waals surface area (Å²) in [6.07, 6.45) is 1.30. The normalized spacial score (nSPS) is 13.2. The number of hydrogen-bond donors (Lipinski definition) is 2. The number of benzene rings is 1.